The van der Waals surface area contributed by atoms with Crippen molar-refractivity contribution in [2.45, 2.75) is 19.4 Å². The number of piperidine rings is 1. The van der Waals surface area contributed by atoms with Crippen LogP contribution in [0.4, 0.5) is 14.6 Å². The Kier molecular flexibility index (Phi) is 6.35. The van der Waals surface area contributed by atoms with Gasteiger partial charge < -0.3 is 15.0 Å². The molecule has 8 heteroatoms. The highest BCUT2D eigenvalue weighted by atomic mass is 19.1. The fourth-order valence-corrected chi connectivity index (χ4v) is 3.59. The molecule has 0 unspecified atom stereocenters. The molecule has 0 atom stereocenters. The van der Waals surface area contributed by atoms with Crippen LogP contribution in [0.2, 0.25) is 0 Å². The van der Waals surface area contributed by atoms with E-state index in [4.69, 9.17) is 4.74 Å². The molecule has 31 heavy (non-hydrogen) atoms. The van der Waals surface area contributed by atoms with Crippen molar-refractivity contribution in [1.29, 1.82) is 0 Å². The molecule has 160 valence electrons. The summed E-state index contributed by atoms with van der Waals surface area (Å²) >= 11 is 0. The Morgan fingerprint density at radius 1 is 1.03 bits per heavy atom. The fraction of sp³-hybridized carbons (Fsp3) is 0.261. The van der Waals surface area contributed by atoms with Crippen molar-refractivity contribution in [3.8, 4) is 11.6 Å². The molecule has 1 aromatic heterocycles. The van der Waals surface area contributed by atoms with E-state index in [1.54, 1.807) is 6.07 Å². The molecule has 2 heterocycles. The van der Waals surface area contributed by atoms with E-state index in [1.807, 2.05) is 30.3 Å². The van der Waals surface area contributed by atoms with Crippen molar-refractivity contribution in [2.24, 2.45) is 5.92 Å². The number of ether oxygens (including phenoxy) is 1. The van der Waals surface area contributed by atoms with Crippen molar-refractivity contribution in [2.75, 3.05) is 18.0 Å². The molecule has 3 aromatic rings. The van der Waals surface area contributed by atoms with Gasteiger partial charge >= 0.3 is 0 Å². The van der Waals surface area contributed by atoms with Gasteiger partial charge in [-0.1, -0.05) is 18.2 Å². The Morgan fingerprint density at radius 3 is 2.45 bits per heavy atom. The van der Waals surface area contributed by atoms with Crippen LogP contribution >= 0.6 is 0 Å². The number of benzene rings is 2. The lowest BCUT2D eigenvalue weighted by Gasteiger charge is -2.32. The highest BCUT2D eigenvalue weighted by Crippen LogP contribution is 2.26. The van der Waals surface area contributed by atoms with Crippen LogP contribution in [0.15, 0.2) is 60.9 Å². The van der Waals surface area contributed by atoms with Crippen LogP contribution in [0.25, 0.3) is 0 Å². The quantitative estimate of drug-likeness (QED) is 0.646. The molecule has 4 rings (SSSR count). The number of para-hydroxylation sites is 1. The smallest absolute Gasteiger partial charge is 0.224 e. The molecule has 0 saturated carbocycles. The molecular weight excluding hydrogens is 402 g/mol. The van der Waals surface area contributed by atoms with Crippen LogP contribution in [-0.2, 0) is 11.3 Å². The molecule has 1 aliphatic rings. The van der Waals surface area contributed by atoms with Crippen LogP contribution in [-0.4, -0.2) is 29.0 Å². The zero-order valence-corrected chi connectivity index (χ0v) is 16.8. The minimum atomic E-state index is -0.655. The zero-order chi connectivity index (χ0) is 21.6. The Labute approximate surface area is 178 Å². The first-order valence-electron chi connectivity index (χ1n) is 10.1. The molecule has 1 fully saturated rings. The van der Waals surface area contributed by atoms with E-state index in [1.165, 1.54) is 18.5 Å². The van der Waals surface area contributed by atoms with Gasteiger partial charge in [0.15, 0.2) is 0 Å². The normalized spacial score (nSPS) is 14.3. The number of halogens is 2. The summed E-state index contributed by atoms with van der Waals surface area (Å²) in [6, 6.07) is 14.4. The number of rotatable bonds is 6. The van der Waals surface area contributed by atoms with E-state index < -0.39 is 11.6 Å². The Bertz CT molecular complexity index is 1020. The molecule has 1 saturated heterocycles. The third kappa shape index (κ3) is 5.53. The van der Waals surface area contributed by atoms with Gasteiger partial charge in [0.25, 0.3) is 0 Å². The Hall–Kier alpha value is -3.55. The highest BCUT2D eigenvalue weighted by Gasteiger charge is 2.25. The number of carbonyl (C=O) groups is 1. The zero-order valence-electron chi connectivity index (χ0n) is 16.8. The summed E-state index contributed by atoms with van der Waals surface area (Å²) in [5.41, 5.74) is 0.398. The number of aromatic nitrogens is 2. The van der Waals surface area contributed by atoms with E-state index in [-0.39, 0.29) is 18.4 Å². The fourth-order valence-electron chi connectivity index (χ4n) is 3.59. The van der Waals surface area contributed by atoms with Crippen molar-refractivity contribution >= 4 is 11.7 Å². The van der Waals surface area contributed by atoms with E-state index in [9.17, 15) is 13.6 Å². The van der Waals surface area contributed by atoms with Crippen molar-refractivity contribution < 1.29 is 18.3 Å². The lowest BCUT2D eigenvalue weighted by Crippen LogP contribution is -2.40. The van der Waals surface area contributed by atoms with Crippen LogP contribution in [0.3, 0.4) is 0 Å². The van der Waals surface area contributed by atoms with Gasteiger partial charge in [0.1, 0.15) is 29.5 Å². The third-order valence-corrected chi connectivity index (χ3v) is 5.17. The first-order valence-corrected chi connectivity index (χ1v) is 10.1. The first-order chi connectivity index (χ1) is 15.1. The summed E-state index contributed by atoms with van der Waals surface area (Å²) in [5, 5.41) is 2.78. The van der Waals surface area contributed by atoms with Gasteiger partial charge in [-0.3, -0.25) is 4.79 Å². The average Bonchev–Trinajstić information content (AvgIpc) is 2.78. The second kappa shape index (κ2) is 9.51. The van der Waals surface area contributed by atoms with Crippen LogP contribution in [0.5, 0.6) is 11.6 Å². The number of amides is 1. The summed E-state index contributed by atoms with van der Waals surface area (Å²) in [5.74, 6) is 0.321. The third-order valence-electron chi connectivity index (χ3n) is 5.17. The van der Waals surface area contributed by atoms with Gasteiger partial charge in [0.05, 0.1) is 0 Å². The number of nitrogens with zero attached hydrogens (tertiary/aromatic N) is 3. The first kappa shape index (κ1) is 20.7. The van der Waals surface area contributed by atoms with E-state index >= 15 is 0 Å². The Morgan fingerprint density at radius 2 is 1.74 bits per heavy atom. The van der Waals surface area contributed by atoms with Gasteiger partial charge in [-0.2, -0.15) is 0 Å². The minimum absolute atomic E-state index is 0.0970. The number of hydrogen-bond acceptors (Lipinski definition) is 5. The van der Waals surface area contributed by atoms with Crippen LogP contribution in [0, 0.1) is 17.6 Å². The summed E-state index contributed by atoms with van der Waals surface area (Å²) in [6.07, 6.45) is 2.77. The molecule has 1 N–H and O–H groups in total. The molecule has 0 aliphatic carbocycles. The summed E-state index contributed by atoms with van der Waals surface area (Å²) < 4.78 is 32.3. The summed E-state index contributed by atoms with van der Waals surface area (Å²) in [6.45, 7) is 1.42. The van der Waals surface area contributed by atoms with Gasteiger partial charge in [-0.05, 0) is 42.7 Å². The topological polar surface area (TPSA) is 67.4 Å². The lowest BCUT2D eigenvalue weighted by atomic mass is 9.96. The van der Waals surface area contributed by atoms with Gasteiger partial charge in [-0.25, -0.2) is 18.7 Å². The lowest BCUT2D eigenvalue weighted by molar-refractivity contribution is -0.125. The SMILES string of the molecule is O=C(NCc1cc(F)cc(F)c1)C1CCN(c2cc(Oc3ccccc3)ncn2)CC1. The summed E-state index contributed by atoms with van der Waals surface area (Å²) in [4.78, 5) is 23.1. The van der Waals surface area contributed by atoms with Gasteiger partial charge in [0.2, 0.25) is 11.8 Å². The molecule has 1 aliphatic heterocycles. The number of carbonyl (C=O) groups excluding carboxylic acids is 1. The maximum atomic E-state index is 13.3. The highest BCUT2D eigenvalue weighted by molar-refractivity contribution is 5.79. The monoisotopic (exact) mass is 424 g/mol. The molecule has 6 nitrogen and oxygen atoms in total. The predicted octanol–water partition coefficient (Wildman–Crippen LogP) is 4.08. The molecular formula is C23H22F2N4O2. The van der Waals surface area contributed by atoms with Crippen molar-refractivity contribution in [3.63, 3.8) is 0 Å². The van der Waals surface area contributed by atoms with Crippen LogP contribution in [0.1, 0.15) is 18.4 Å². The largest absolute Gasteiger partial charge is 0.439 e. The standard InChI is InChI=1S/C23H22F2N4O2/c24-18-10-16(11-19(25)12-18)14-26-23(30)17-6-8-29(9-7-17)21-13-22(28-15-27-21)31-20-4-2-1-3-5-20/h1-5,10-13,15,17H,6-9,14H2,(H,26,30). The average molecular weight is 424 g/mol. The predicted molar refractivity (Wildman–Crippen MR) is 112 cm³/mol. The molecule has 0 spiro atoms. The number of hydrogen-bond donors (Lipinski definition) is 1. The minimum Gasteiger partial charge on any atom is -0.439 e. The maximum absolute atomic E-state index is 13.3. The number of nitrogens with one attached hydrogen (secondary N) is 1. The second-order valence-corrected chi connectivity index (χ2v) is 7.39. The van der Waals surface area contributed by atoms with Crippen molar-refractivity contribution in [3.05, 3.63) is 78.1 Å². The maximum Gasteiger partial charge on any atom is 0.224 e. The van der Waals surface area contributed by atoms with Gasteiger partial charge in [0, 0.05) is 37.7 Å². The van der Waals surface area contributed by atoms with Crippen molar-refractivity contribution in [1.82, 2.24) is 15.3 Å². The van der Waals surface area contributed by atoms with E-state index in [0.29, 0.717) is 43.1 Å². The van der Waals surface area contributed by atoms with E-state index in [0.717, 1.165) is 11.9 Å². The second-order valence-electron chi connectivity index (χ2n) is 7.39. The molecule has 2 aromatic carbocycles. The van der Waals surface area contributed by atoms with E-state index in [2.05, 4.69) is 20.2 Å². The Balaban J connectivity index is 1.30. The molecule has 0 bridgehead atoms. The van der Waals surface area contributed by atoms with Gasteiger partial charge in [-0.15, -0.1) is 0 Å². The molecule has 1 amide bonds. The number of anilines is 1. The molecule has 0 radical (unpaired) electrons. The summed E-state index contributed by atoms with van der Waals surface area (Å²) in [7, 11) is 0. The van der Waals surface area contributed by atoms with Crippen LogP contribution < -0.4 is 15.0 Å².